The molecule has 126 valence electrons. The Morgan fingerprint density at radius 3 is 2.42 bits per heavy atom. The summed E-state index contributed by atoms with van der Waals surface area (Å²) >= 11 is 0. The van der Waals surface area contributed by atoms with E-state index in [1.807, 2.05) is 42.5 Å². The van der Waals surface area contributed by atoms with Gasteiger partial charge in [-0.3, -0.25) is 4.79 Å². The summed E-state index contributed by atoms with van der Waals surface area (Å²) in [5.41, 5.74) is 2.02. The van der Waals surface area contributed by atoms with E-state index in [-0.39, 0.29) is 12.5 Å². The van der Waals surface area contributed by atoms with Crippen molar-refractivity contribution in [2.75, 3.05) is 29.9 Å². The third-order valence-corrected chi connectivity index (χ3v) is 4.41. The van der Waals surface area contributed by atoms with Crippen LogP contribution >= 0.6 is 0 Å². The predicted octanol–water partition coefficient (Wildman–Crippen LogP) is 3.94. The van der Waals surface area contributed by atoms with Gasteiger partial charge >= 0.3 is 0 Å². The Bertz CT molecular complexity index is 647. The molecule has 1 amide bonds. The fourth-order valence-corrected chi connectivity index (χ4v) is 2.89. The lowest BCUT2D eigenvalue weighted by Crippen LogP contribution is -2.32. The van der Waals surface area contributed by atoms with Gasteiger partial charge in [0.2, 0.25) is 0 Å². The molecule has 1 aliphatic rings. The zero-order chi connectivity index (χ0) is 16.8. The molecule has 0 spiro atoms. The molecule has 2 aromatic rings. The average molecular weight is 324 g/mol. The SMILES string of the molecule is CC1CCN(c2ccc(NC(=O)COc3ccccc3)cc2)CC1. The summed E-state index contributed by atoms with van der Waals surface area (Å²) in [4.78, 5) is 14.4. The van der Waals surface area contributed by atoms with Gasteiger partial charge in [-0.2, -0.15) is 0 Å². The normalized spacial score (nSPS) is 15.1. The number of rotatable bonds is 5. The average Bonchev–Trinajstić information content (AvgIpc) is 2.62. The molecule has 0 aromatic heterocycles. The summed E-state index contributed by atoms with van der Waals surface area (Å²) in [6.07, 6.45) is 2.49. The van der Waals surface area contributed by atoms with Crippen molar-refractivity contribution in [3.8, 4) is 5.75 Å². The van der Waals surface area contributed by atoms with Crippen LogP contribution < -0.4 is 15.0 Å². The van der Waals surface area contributed by atoms with Crippen molar-refractivity contribution in [1.82, 2.24) is 0 Å². The second kappa shape index (κ2) is 7.86. The minimum absolute atomic E-state index is 0.00970. The third-order valence-electron chi connectivity index (χ3n) is 4.41. The van der Waals surface area contributed by atoms with Crippen LogP contribution in [0, 0.1) is 5.92 Å². The van der Waals surface area contributed by atoms with Crippen LogP contribution in [0.4, 0.5) is 11.4 Å². The Morgan fingerprint density at radius 2 is 1.75 bits per heavy atom. The van der Waals surface area contributed by atoms with E-state index in [0.717, 1.165) is 24.7 Å². The number of anilines is 2. The Labute approximate surface area is 143 Å². The molecule has 1 aliphatic heterocycles. The number of nitrogens with one attached hydrogen (secondary N) is 1. The van der Waals surface area contributed by atoms with Gasteiger partial charge in [0.25, 0.3) is 5.91 Å². The number of piperidine rings is 1. The van der Waals surface area contributed by atoms with Gasteiger partial charge in [0.15, 0.2) is 6.61 Å². The van der Waals surface area contributed by atoms with Crippen LogP contribution in [-0.4, -0.2) is 25.6 Å². The number of benzene rings is 2. The highest BCUT2D eigenvalue weighted by atomic mass is 16.5. The van der Waals surface area contributed by atoms with Crippen molar-refractivity contribution in [1.29, 1.82) is 0 Å². The van der Waals surface area contributed by atoms with Crippen LogP contribution in [0.2, 0.25) is 0 Å². The number of amides is 1. The molecule has 3 rings (SSSR count). The van der Waals surface area contributed by atoms with Gasteiger partial charge in [-0.25, -0.2) is 0 Å². The molecule has 0 saturated carbocycles. The molecular formula is C20H24N2O2. The second-order valence-corrected chi connectivity index (χ2v) is 6.37. The van der Waals surface area contributed by atoms with E-state index in [1.165, 1.54) is 18.5 Å². The van der Waals surface area contributed by atoms with Gasteiger partial charge < -0.3 is 15.0 Å². The van der Waals surface area contributed by atoms with Crippen LogP contribution in [0.5, 0.6) is 5.75 Å². The van der Waals surface area contributed by atoms with E-state index in [0.29, 0.717) is 5.75 Å². The summed E-state index contributed by atoms with van der Waals surface area (Å²) in [5.74, 6) is 1.37. The molecule has 1 fully saturated rings. The van der Waals surface area contributed by atoms with Gasteiger partial charge in [-0.1, -0.05) is 25.1 Å². The van der Waals surface area contributed by atoms with Crippen molar-refractivity contribution in [3.05, 3.63) is 54.6 Å². The highest BCUT2D eigenvalue weighted by molar-refractivity contribution is 5.92. The number of nitrogens with zero attached hydrogens (tertiary/aromatic N) is 1. The van der Waals surface area contributed by atoms with Gasteiger partial charge in [0.05, 0.1) is 0 Å². The fourth-order valence-electron chi connectivity index (χ4n) is 2.89. The second-order valence-electron chi connectivity index (χ2n) is 6.37. The van der Waals surface area contributed by atoms with Crippen molar-refractivity contribution < 1.29 is 9.53 Å². The lowest BCUT2D eigenvalue weighted by molar-refractivity contribution is -0.118. The van der Waals surface area contributed by atoms with Crippen molar-refractivity contribution in [2.24, 2.45) is 5.92 Å². The van der Waals surface area contributed by atoms with E-state index in [4.69, 9.17) is 4.74 Å². The first-order chi connectivity index (χ1) is 11.7. The highest BCUT2D eigenvalue weighted by Crippen LogP contribution is 2.24. The monoisotopic (exact) mass is 324 g/mol. The smallest absolute Gasteiger partial charge is 0.262 e. The first-order valence-corrected chi connectivity index (χ1v) is 8.53. The molecule has 24 heavy (non-hydrogen) atoms. The van der Waals surface area contributed by atoms with Gasteiger partial charge in [0.1, 0.15) is 5.75 Å². The van der Waals surface area contributed by atoms with Crippen LogP contribution in [-0.2, 0) is 4.79 Å². The van der Waals surface area contributed by atoms with Gasteiger partial charge in [-0.15, -0.1) is 0 Å². The molecular weight excluding hydrogens is 300 g/mol. The maximum atomic E-state index is 12.0. The number of carbonyl (C=O) groups is 1. The fraction of sp³-hybridized carbons (Fsp3) is 0.350. The number of ether oxygens (including phenoxy) is 1. The first kappa shape index (κ1) is 16.4. The van der Waals surface area contributed by atoms with Crippen LogP contribution in [0.25, 0.3) is 0 Å². The topological polar surface area (TPSA) is 41.6 Å². The van der Waals surface area contributed by atoms with E-state index in [2.05, 4.69) is 29.3 Å². The van der Waals surface area contributed by atoms with E-state index >= 15 is 0 Å². The largest absolute Gasteiger partial charge is 0.484 e. The molecule has 2 aromatic carbocycles. The molecule has 1 heterocycles. The van der Waals surface area contributed by atoms with Crippen molar-refractivity contribution in [2.45, 2.75) is 19.8 Å². The zero-order valence-corrected chi connectivity index (χ0v) is 14.1. The molecule has 4 nitrogen and oxygen atoms in total. The van der Waals surface area contributed by atoms with Crippen molar-refractivity contribution >= 4 is 17.3 Å². The molecule has 1 N–H and O–H groups in total. The Kier molecular flexibility index (Phi) is 5.36. The maximum absolute atomic E-state index is 12.0. The third kappa shape index (κ3) is 4.51. The molecule has 0 bridgehead atoms. The summed E-state index contributed by atoms with van der Waals surface area (Å²) in [6.45, 7) is 4.54. The van der Waals surface area contributed by atoms with E-state index in [9.17, 15) is 4.79 Å². The predicted molar refractivity (Wildman–Crippen MR) is 97.6 cm³/mol. The molecule has 1 saturated heterocycles. The summed E-state index contributed by atoms with van der Waals surface area (Å²) in [6, 6.07) is 17.4. The molecule has 0 unspecified atom stereocenters. The molecule has 0 aliphatic carbocycles. The number of hydrogen-bond donors (Lipinski definition) is 1. The van der Waals surface area contributed by atoms with Gasteiger partial charge in [0, 0.05) is 24.5 Å². The molecule has 0 radical (unpaired) electrons. The Hall–Kier alpha value is -2.49. The number of para-hydroxylation sites is 1. The standard InChI is InChI=1S/C20H24N2O2/c1-16-11-13-22(14-12-16)18-9-7-17(8-10-18)21-20(23)15-24-19-5-3-2-4-6-19/h2-10,16H,11-15H2,1H3,(H,21,23). The maximum Gasteiger partial charge on any atom is 0.262 e. The molecule has 4 heteroatoms. The summed E-state index contributed by atoms with van der Waals surface area (Å²) in [7, 11) is 0. The van der Waals surface area contributed by atoms with E-state index in [1.54, 1.807) is 0 Å². The Morgan fingerprint density at radius 1 is 1.08 bits per heavy atom. The summed E-state index contributed by atoms with van der Waals surface area (Å²) in [5, 5.41) is 2.87. The Balaban J connectivity index is 1.49. The van der Waals surface area contributed by atoms with Gasteiger partial charge in [-0.05, 0) is 55.2 Å². The van der Waals surface area contributed by atoms with E-state index < -0.39 is 0 Å². The lowest BCUT2D eigenvalue weighted by Gasteiger charge is -2.32. The minimum atomic E-state index is -0.154. The van der Waals surface area contributed by atoms with Crippen LogP contribution in [0.15, 0.2) is 54.6 Å². The number of hydrogen-bond acceptors (Lipinski definition) is 3. The summed E-state index contributed by atoms with van der Waals surface area (Å²) < 4.78 is 5.45. The quantitative estimate of drug-likeness (QED) is 0.906. The molecule has 0 atom stereocenters. The lowest BCUT2D eigenvalue weighted by atomic mass is 9.99. The minimum Gasteiger partial charge on any atom is -0.484 e. The van der Waals surface area contributed by atoms with Crippen molar-refractivity contribution in [3.63, 3.8) is 0 Å². The highest BCUT2D eigenvalue weighted by Gasteiger charge is 2.15. The number of carbonyl (C=O) groups excluding carboxylic acids is 1. The first-order valence-electron chi connectivity index (χ1n) is 8.53. The zero-order valence-electron chi connectivity index (χ0n) is 14.1. The van der Waals surface area contributed by atoms with Crippen LogP contribution in [0.3, 0.4) is 0 Å². The van der Waals surface area contributed by atoms with Crippen LogP contribution in [0.1, 0.15) is 19.8 Å².